The Morgan fingerprint density at radius 2 is 2.33 bits per heavy atom. The van der Waals surface area contributed by atoms with Crippen molar-refractivity contribution in [2.75, 3.05) is 11.6 Å². The van der Waals surface area contributed by atoms with Gasteiger partial charge in [0.15, 0.2) is 0 Å². The molecule has 0 amide bonds. The van der Waals surface area contributed by atoms with Crippen molar-refractivity contribution in [3.8, 4) is 0 Å². The van der Waals surface area contributed by atoms with Gasteiger partial charge in [-0.3, -0.25) is 4.98 Å². The van der Waals surface area contributed by atoms with E-state index in [4.69, 9.17) is 5.11 Å². The first-order chi connectivity index (χ1) is 8.60. The lowest BCUT2D eigenvalue weighted by molar-refractivity contribution is 0.0697. The second kappa shape index (κ2) is 5.61. The van der Waals surface area contributed by atoms with E-state index < -0.39 is 5.97 Å². The number of aromatic carboxylic acids is 1. The fourth-order valence-electron chi connectivity index (χ4n) is 2.35. The number of anilines is 1. The molecule has 98 valence electrons. The maximum absolute atomic E-state index is 11.1. The quantitative estimate of drug-likeness (QED) is 0.877. The highest BCUT2D eigenvalue weighted by atomic mass is 32.2. The smallest absolute Gasteiger partial charge is 0.339 e. The van der Waals surface area contributed by atoms with Crippen LogP contribution in [0.3, 0.4) is 0 Å². The van der Waals surface area contributed by atoms with E-state index in [0.717, 1.165) is 18.5 Å². The Morgan fingerprint density at radius 1 is 1.56 bits per heavy atom. The second-order valence-corrected chi connectivity index (χ2v) is 5.83. The summed E-state index contributed by atoms with van der Waals surface area (Å²) in [6, 6.07) is 2.19. The van der Waals surface area contributed by atoms with Crippen molar-refractivity contribution in [2.24, 2.45) is 0 Å². The maximum atomic E-state index is 11.1. The number of hydrogen-bond acceptors (Lipinski definition) is 4. The van der Waals surface area contributed by atoms with Crippen molar-refractivity contribution in [1.82, 2.24) is 4.98 Å². The number of carboxylic acids is 1. The van der Waals surface area contributed by atoms with Gasteiger partial charge in [0.1, 0.15) is 5.56 Å². The van der Waals surface area contributed by atoms with Crippen LogP contribution in [0, 0.1) is 6.92 Å². The predicted molar refractivity (Wildman–Crippen MR) is 74.5 cm³/mol. The zero-order chi connectivity index (χ0) is 13.1. The number of rotatable bonds is 4. The van der Waals surface area contributed by atoms with Crippen molar-refractivity contribution in [3.63, 3.8) is 0 Å². The summed E-state index contributed by atoms with van der Waals surface area (Å²) in [4.78, 5) is 15.2. The van der Waals surface area contributed by atoms with Gasteiger partial charge in [-0.15, -0.1) is 0 Å². The molecule has 0 radical (unpaired) electrons. The number of nitrogens with one attached hydrogen (secondary N) is 1. The standard InChI is InChI=1S/C13H18N2O2S/c1-8-5-12(11(7-14-8)13(16)17)15-9-3-4-10(6-9)18-2/h5,7,9-10H,3-4,6H2,1-2H3,(H,14,15)(H,16,17). The first-order valence-electron chi connectivity index (χ1n) is 6.09. The summed E-state index contributed by atoms with van der Waals surface area (Å²) in [5.74, 6) is -0.926. The third kappa shape index (κ3) is 2.96. The van der Waals surface area contributed by atoms with Gasteiger partial charge < -0.3 is 10.4 Å². The molecule has 2 unspecified atom stereocenters. The van der Waals surface area contributed by atoms with Crippen molar-refractivity contribution < 1.29 is 9.90 Å². The van der Waals surface area contributed by atoms with Crippen LogP contribution in [0.4, 0.5) is 5.69 Å². The van der Waals surface area contributed by atoms with Gasteiger partial charge in [0.25, 0.3) is 0 Å². The molecule has 2 N–H and O–H groups in total. The molecule has 1 aliphatic rings. The molecule has 1 aromatic rings. The highest BCUT2D eigenvalue weighted by molar-refractivity contribution is 7.99. The molecule has 1 saturated carbocycles. The van der Waals surface area contributed by atoms with Crippen molar-refractivity contribution in [2.45, 2.75) is 37.5 Å². The average molecular weight is 266 g/mol. The Kier molecular flexibility index (Phi) is 4.11. The van der Waals surface area contributed by atoms with E-state index in [1.54, 1.807) is 0 Å². The third-order valence-corrected chi connectivity index (χ3v) is 4.44. The molecule has 2 rings (SSSR count). The summed E-state index contributed by atoms with van der Waals surface area (Å²) >= 11 is 1.89. The predicted octanol–water partition coefficient (Wildman–Crippen LogP) is 2.78. The van der Waals surface area contributed by atoms with Crippen LogP contribution in [-0.4, -0.2) is 33.6 Å². The molecule has 0 spiro atoms. The molecular formula is C13H18N2O2S. The average Bonchev–Trinajstić information content (AvgIpc) is 2.76. The molecule has 0 aromatic carbocycles. The Hall–Kier alpha value is -1.23. The van der Waals surface area contributed by atoms with Crippen LogP contribution >= 0.6 is 11.8 Å². The van der Waals surface area contributed by atoms with Gasteiger partial charge in [-0.1, -0.05) is 0 Å². The zero-order valence-corrected chi connectivity index (χ0v) is 11.5. The molecule has 0 saturated heterocycles. The Morgan fingerprint density at radius 3 is 2.94 bits per heavy atom. The van der Waals surface area contributed by atoms with Gasteiger partial charge >= 0.3 is 5.97 Å². The van der Waals surface area contributed by atoms with E-state index in [-0.39, 0.29) is 5.56 Å². The van der Waals surface area contributed by atoms with Crippen LogP contribution in [0.15, 0.2) is 12.3 Å². The van der Waals surface area contributed by atoms with Crippen LogP contribution in [-0.2, 0) is 0 Å². The molecule has 1 heterocycles. The number of carboxylic acid groups (broad SMARTS) is 1. The monoisotopic (exact) mass is 266 g/mol. The second-order valence-electron chi connectivity index (χ2n) is 4.69. The summed E-state index contributed by atoms with van der Waals surface area (Å²) < 4.78 is 0. The Labute approximate surface area is 111 Å². The summed E-state index contributed by atoms with van der Waals surface area (Å²) in [5.41, 5.74) is 1.79. The fraction of sp³-hybridized carbons (Fsp3) is 0.538. The molecule has 0 bridgehead atoms. The number of aromatic nitrogens is 1. The number of thioether (sulfide) groups is 1. The number of nitrogens with zero attached hydrogens (tertiary/aromatic N) is 1. The van der Waals surface area contributed by atoms with Crippen molar-refractivity contribution >= 4 is 23.4 Å². The van der Waals surface area contributed by atoms with E-state index in [2.05, 4.69) is 16.6 Å². The first kappa shape index (κ1) is 13.2. The topological polar surface area (TPSA) is 62.2 Å². The minimum Gasteiger partial charge on any atom is -0.478 e. The van der Waals surface area contributed by atoms with Crippen LogP contribution in [0.5, 0.6) is 0 Å². The highest BCUT2D eigenvalue weighted by Crippen LogP contribution is 2.31. The van der Waals surface area contributed by atoms with Gasteiger partial charge in [-0.25, -0.2) is 4.79 Å². The van der Waals surface area contributed by atoms with Gasteiger partial charge in [0.2, 0.25) is 0 Å². The summed E-state index contributed by atoms with van der Waals surface area (Å²) in [6.07, 6.45) is 6.96. The number of aryl methyl sites for hydroxylation is 1. The lowest BCUT2D eigenvalue weighted by Gasteiger charge is -2.16. The van der Waals surface area contributed by atoms with E-state index in [1.165, 1.54) is 12.6 Å². The number of hydrogen-bond donors (Lipinski definition) is 2. The third-order valence-electron chi connectivity index (χ3n) is 3.35. The van der Waals surface area contributed by atoms with Crippen LogP contribution in [0.1, 0.15) is 35.3 Å². The molecule has 0 aliphatic heterocycles. The van der Waals surface area contributed by atoms with Crippen LogP contribution in [0.2, 0.25) is 0 Å². The molecule has 1 fully saturated rings. The van der Waals surface area contributed by atoms with Gasteiger partial charge in [-0.2, -0.15) is 11.8 Å². The van der Waals surface area contributed by atoms with Crippen molar-refractivity contribution in [1.29, 1.82) is 0 Å². The summed E-state index contributed by atoms with van der Waals surface area (Å²) in [6.45, 7) is 1.87. The number of pyridine rings is 1. The number of carbonyl (C=O) groups is 1. The fourth-order valence-corrected chi connectivity index (χ4v) is 3.15. The lowest BCUT2D eigenvalue weighted by Crippen LogP contribution is -2.18. The van der Waals surface area contributed by atoms with Gasteiger partial charge in [0, 0.05) is 23.2 Å². The van der Waals surface area contributed by atoms with E-state index >= 15 is 0 Å². The van der Waals surface area contributed by atoms with Gasteiger partial charge in [0.05, 0.1) is 5.69 Å². The van der Waals surface area contributed by atoms with Crippen LogP contribution < -0.4 is 5.32 Å². The SMILES string of the molecule is CSC1CCC(Nc2cc(C)ncc2C(=O)O)C1. The minimum atomic E-state index is -0.926. The lowest BCUT2D eigenvalue weighted by atomic mass is 10.1. The highest BCUT2D eigenvalue weighted by Gasteiger charge is 2.25. The summed E-state index contributed by atoms with van der Waals surface area (Å²) in [5, 5.41) is 13.2. The first-order valence-corrected chi connectivity index (χ1v) is 7.38. The molecule has 2 atom stereocenters. The molecule has 5 heteroatoms. The van der Waals surface area contributed by atoms with Crippen LogP contribution in [0.25, 0.3) is 0 Å². The normalized spacial score (nSPS) is 23.0. The Balaban J connectivity index is 2.13. The zero-order valence-electron chi connectivity index (χ0n) is 10.6. The summed E-state index contributed by atoms with van der Waals surface area (Å²) in [7, 11) is 0. The molecular weight excluding hydrogens is 248 g/mol. The molecule has 4 nitrogen and oxygen atoms in total. The van der Waals surface area contributed by atoms with E-state index in [0.29, 0.717) is 17.0 Å². The Bertz CT molecular complexity index is 451. The minimum absolute atomic E-state index is 0.258. The van der Waals surface area contributed by atoms with E-state index in [9.17, 15) is 4.79 Å². The maximum Gasteiger partial charge on any atom is 0.339 e. The van der Waals surface area contributed by atoms with Crippen molar-refractivity contribution in [3.05, 3.63) is 23.5 Å². The van der Waals surface area contributed by atoms with E-state index in [1.807, 2.05) is 24.8 Å². The van der Waals surface area contributed by atoms with Gasteiger partial charge in [-0.05, 0) is 38.5 Å². The molecule has 18 heavy (non-hydrogen) atoms. The molecule has 1 aliphatic carbocycles. The molecule has 1 aromatic heterocycles. The largest absolute Gasteiger partial charge is 0.478 e.